The summed E-state index contributed by atoms with van der Waals surface area (Å²) in [5.41, 5.74) is 3.49. The summed E-state index contributed by atoms with van der Waals surface area (Å²) in [4.78, 5) is 30.0. The first-order valence-corrected chi connectivity index (χ1v) is 18.3. The van der Waals surface area contributed by atoms with Crippen molar-refractivity contribution < 1.29 is 19.8 Å². The molecule has 1 fully saturated rings. The lowest BCUT2D eigenvalue weighted by molar-refractivity contribution is -0.0780. The smallest absolute Gasteiger partial charge is 0.317 e. The van der Waals surface area contributed by atoms with Gasteiger partial charge in [-0.1, -0.05) is 104 Å². The first-order valence-electron chi connectivity index (χ1n) is 18.3. The monoisotopic (exact) mass is 672 g/mol. The predicted molar refractivity (Wildman–Crippen MR) is 201 cm³/mol. The highest BCUT2D eigenvalue weighted by Crippen LogP contribution is 2.59. The third-order valence-corrected chi connectivity index (χ3v) is 11.3. The van der Waals surface area contributed by atoms with E-state index in [1.54, 1.807) is 4.90 Å². The quantitative estimate of drug-likeness (QED) is 0.135. The Balaban J connectivity index is 1.43. The van der Waals surface area contributed by atoms with E-state index in [2.05, 4.69) is 61.6 Å². The summed E-state index contributed by atoms with van der Waals surface area (Å²) in [6.45, 7) is 8.72. The van der Waals surface area contributed by atoms with Crippen LogP contribution in [0.25, 0.3) is 10.8 Å². The molecule has 2 amide bonds. The second-order valence-electron chi connectivity index (χ2n) is 15.2. The normalized spacial score (nSPS) is 24.0. The molecule has 262 valence electrons. The summed E-state index contributed by atoms with van der Waals surface area (Å²) in [6, 6.07) is 29.6. The number of aliphatic hydroxyl groups excluding tert-OH is 1. The molecule has 6 nitrogen and oxygen atoms in total. The first kappa shape index (κ1) is 35.6. The molecule has 4 aromatic carbocycles. The van der Waals surface area contributed by atoms with Crippen molar-refractivity contribution in [2.24, 2.45) is 5.41 Å². The minimum Gasteiger partial charge on any atom is -0.393 e. The molecule has 0 aromatic heterocycles. The molecule has 6 heteroatoms. The SMILES string of the molecule is CC1=CCC[C@@]2(C)[C@@H](CC[C@@]2(O)CN(Cc2cccc3ccccc23)C(=O)NC(C)C)c2ccc(cc2C(=O)c2ccccc2)C[C@@H](O)CC1. The predicted octanol–water partition coefficient (Wildman–Crippen LogP) is 8.73. The molecule has 0 saturated heterocycles. The number of ketones is 1. The molecule has 50 heavy (non-hydrogen) atoms. The van der Waals surface area contributed by atoms with Crippen molar-refractivity contribution in [1.82, 2.24) is 10.2 Å². The molecule has 3 N–H and O–H groups in total. The Morgan fingerprint density at radius 2 is 1.68 bits per heavy atom. The molecule has 4 aromatic rings. The number of fused-ring (bicyclic) bond motifs is 9. The van der Waals surface area contributed by atoms with Gasteiger partial charge in [0.15, 0.2) is 5.78 Å². The average Bonchev–Trinajstić information content (AvgIpc) is 3.35. The van der Waals surface area contributed by atoms with Crippen LogP contribution in [-0.4, -0.2) is 51.2 Å². The lowest BCUT2D eigenvalue weighted by atomic mass is 9.64. The zero-order valence-electron chi connectivity index (χ0n) is 30.0. The van der Waals surface area contributed by atoms with E-state index in [1.165, 1.54) is 5.57 Å². The number of allylic oxidation sites excluding steroid dienone is 2. The first-order chi connectivity index (χ1) is 24.0. The van der Waals surface area contributed by atoms with Crippen molar-refractivity contribution in [1.29, 1.82) is 0 Å². The highest BCUT2D eigenvalue weighted by atomic mass is 16.3. The molecular weight excluding hydrogens is 620 g/mol. The van der Waals surface area contributed by atoms with E-state index in [4.69, 9.17) is 0 Å². The Morgan fingerprint density at radius 1 is 0.940 bits per heavy atom. The van der Waals surface area contributed by atoms with Crippen LogP contribution in [0.15, 0.2) is 103 Å². The van der Waals surface area contributed by atoms with Crippen molar-refractivity contribution in [3.8, 4) is 0 Å². The molecule has 0 aliphatic heterocycles. The van der Waals surface area contributed by atoms with Gasteiger partial charge in [0.25, 0.3) is 0 Å². The van der Waals surface area contributed by atoms with Crippen molar-refractivity contribution >= 4 is 22.6 Å². The fraction of sp³-hybridized carbons (Fsp3) is 0.409. The van der Waals surface area contributed by atoms with Crippen LogP contribution in [0.4, 0.5) is 4.79 Å². The number of aliphatic hydroxyl groups is 2. The summed E-state index contributed by atoms with van der Waals surface area (Å²) >= 11 is 0. The molecule has 0 heterocycles. The van der Waals surface area contributed by atoms with Crippen molar-refractivity contribution in [3.05, 3.63) is 130 Å². The van der Waals surface area contributed by atoms with Gasteiger partial charge >= 0.3 is 6.03 Å². The van der Waals surface area contributed by atoms with Gasteiger partial charge in [-0.25, -0.2) is 4.79 Å². The number of hydrogen-bond donors (Lipinski definition) is 3. The van der Waals surface area contributed by atoms with Crippen LogP contribution < -0.4 is 5.32 Å². The van der Waals surface area contributed by atoms with Gasteiger partial charge in [-0.3, -0.25) is 4.79 Å². The highest BCUT2D eigenvalue weighted by Gasteiger charge is 2.57. The zero-order valence-corrected chi connectivity index (χ0v) is 30.0. The Kier molecular flexibility index (Phi) is 10.6. The van der Waals surface area contributed by atoms with E-state index in [9.17, 15) is 19.8 Å². The minimum absolute atomic E-state index is 0.0496. The Labute approximate surface area is 297 Å². The van der Waals surface area contributed by atoms with Gasteiger partial charge < -0.3 is 20.4 Å². The average molecular weight is 673 g/mol. The maximum Gasteiger partial charge on any atom is 0.317 e. The number of carbonyl (C=O) groups excluding carboxylic acids is 2. The van der Waals surface area contributed by atoms with Crippen LogP contribution in [0, 0.1) is 5.41 Å². The van der Waals surface area contributed by atoms with Crippen LogP contribution in [0.2, 0.25) is 0 Å². The Hall–Kier alpha value is -4.26. The summed E-state index contributed by atoms with van der Waals surface area (Å²) in [6.07, 6.45) is 6.26. The molecule has 0 unspecified atom stereocenters. The molecule has 0 radical (unpaired) electrons. The van der Waals surface area contributed by atoms with Gasteiger partial charge in [-0.2, -0.15) is 0 Å². The third-order valence-electron chi connectivity index (χ3n) is 11.3. The van der Waals surface area contributed by atoms with E-state index in [0.29, 0.717) is 49.8 Å². The summed E-state index contributed by atoms with van der Waals surface area (Å²) in [7, 11) is 0. The second-order valence-corrected chi connectivity index (χ2v) is 15.2. The van der Waals surface area contributed by atoms with Gasteiger partial charge in [-0.05, 0) is 105 Å². The fourth-order valence-electron chi connectivity index (χ4n) is 8.43. The summed E-state index contributed by atoms with van der Waals surface area (Å²) < 4.78 is 0. The van der Waals surface area contributed by atoms with Crippen molar-refractivity contribution in [2.75, 3.05) is 6.54 Å². The second kappa shape index (κ2) is 14.9. The van der Waals surface area contributed by atoms with Crippen LogP contribution in [0.5, 0.6) is 0 Å². The van der Waals surface area contributed by atoms with Gasteiger partial charge in [0.1, 0.15) is 0 Å². The van der Waals surface area contributed by atoms with Crippen LogP contribution in [0.3, 0.4) is 0 Å². The van der Waals surface area contributed by atoms with E-state index in [0.717, 1.165) is 40.3 Å². The van der Waals surface area contributed by atoms with E-state index < -0.39 is 17.1 Å². The van der Waals surface area contributed by atoms with E-state index in [1.807, 2.05) is 68.4 Å². The lowest BCUT2D eigenvalue weighted by Gasteiger charge is -2.46. The Morgan fingerprint density at radius 3 is 2.46 bits per heavy atom. The highest BCUT2D eigenvalue weighted by molar-refractivity contribution is 6.10. The number of rotatable bonds is 7. The number of carbonyl (C=O) groups is 2. The van der Waals surface area contributed by atoms with Crippen LogP contribution in [0.1, 0.15) is 105 Å². The van der Waals surface area contributed by atoms with Crippen LogP contribution in [-0.2, 0) is 13.0 Å². The molecule has 3 aliphatic carbocycles. The Bertz CT molecular complexity index is 1860. The van der Waals surface area contributed by atoms with E-state index >= 15 is 0 Å². The van der Waals surface area contributed by atoms with Crippen molar-refractivity contribution in [3.63, 3.8) is 0 Å². The van der Waals surface area contributed by atoms with Gasteiger partial charge in [0.2, 0.25) is 0 Å². The van der Waals surface area contributed by atoms with Crippen molar-refractivity contribution in [2.45, 2.75) is 103 Å². The minimum atomic E-state index is -1.22. The third kappa shape index (κ3) is 7.42. The fourth-order valence-corrected chi connectivity index (χ4v) is 8.43. The molecule has 4 atom stereocenters. The number of benzene rings is 4. The van der Waals surface area contributed by atoms with Gasteiger partial charge in [0, 0.05) is 29.1 Å². The number of amides is 2. The maximum atomic E-state index is 14.3. The molecule has 3 aliphatic rings. The number of nitrogens with zero attached hydrogens (tertiary/aromatic N) is 1. The maximum absolute atomic E-state index is 14.3. The van der Waals surface area contributed by atoms with Gasteiger partial charge in [0.05, 0.1) is 18.2 Å². The topological polar surface area (TPSA) is 89.9 Å². The standard InChI is InChI=1S/C44H52N2O4/c1-30(2)45-42(49)46(28-35-17-10-16-33-13-8-9-18-37(33)35)29-44(50)25-23-40-38-22-20-32(27-39(38)41(48)34-14-6-5-7-15-34)26-36(47)21-19-31(3)12-11-24-43(40,44)4/h5-10,12-18,20,22,27,30,36,40,47,50H,11,19,21,23-26,28-29H2,1-4H3,(H,45,49)/t36-,40-,43-,44+/m0/s1. The lowest BCUT2D eigenvalue weighted by Crippen LogP contribution is -2.55. The molecule has 2 bridgehead atoms. The largest absolute Gasteiger partial charge is 0.393 e. The molecule has 7 rings (SSSR count). The molecule has 0 spiro atoms. The zero-order chi connectivity index (χ0) is 35.5. The molecular formula is C44H52N2O4. The summed E-state index contributed by atoms with van der Waals surface area (Å²) in [5, 5.41) is 29.3. The summed E-state index contributed by atoms with van der Waals surface area (Å²) in [5.74, 6) is -0.176. The number of hydrogen-bond acceptors (Lipinski definition) is 4. The van der Waals surface area contributed by atoms with E-state index in [-0.39, 0.29) is 30.3 Å². The number of nitrogens with one attached hydrogen (secondary N) is 1. The van der Waals surface area contributed by atoms with Gasteiger partial charge in [-0.15, -0.1) is 0 Å². The van der Waals surface area contributed by atoms with Crippen LogP contribution >= 0.6 is 0 Å². The molecule has 1 saturated carbocycles. The number of urea groups is 1.